The lowest BCUT2D eigenvalue weighted by molar-refractivity contribution is 0.211. The number of likely N-dealkylation sites (N-methyl/N-ethyl adjacent to an activating group) is 1. The summed E-state index contributed by atoms with van der Waals surface area (Å²) >= 11 is 0. The maximum atomic E-state index is 5.99. The maximum absolute atomic E-state index is 5.99. The Labute approximate surface area is 122 Å². The zero-order chi connectivity index (χ0) is 14.5. The number of benzene rings is 1. The minimum atomic E-state index is 0.284. The zero-order valence-corrected chi connectivity index (χ0v) is 12.9. The summed E-state index contributed by atoms with van der Waals surface area (Å²) < 4.78 is 5.21. The third-order valence-electron chi connectivity index (χ3n) is 4.29. The van der Waals surface area contributed by atoms with Crippen molar-refractivity contribution in [2.24, 2.45) is 11.7 Å². The van der Waals surface area contributed by atoms with Gasteiger partial charge in [0.05, 0.1) is 7.11 Å². The standard InChI is InChI=1S/C16H27N3O/c1-18-9-8-13(11-18)12-19(2)16(10-17)14-4-6-15(20-3)7-5-14/h4-7,13,16H,8-12,17H2,1-3H3. The van der Waals surface area contributed by atoms with Gasteiger partial charge in [-0.3, -0.25) is 4.90 Å². The lowest BCUT2D eigenvalue weighted by Crippen LogP contribution is -2.35. The number of likely N-dealkylation sites (tertiary alicyclic amines) is 1. The summed E-state index contributed by atoms with van der Waals surface area (Å²) in [7, 11) is 6.07. The molecule has 1 aliphatic heterocycles. The van der Waals surface area contributed by atoms with Crippen molar-refractivity contribution >= 4 is 0 Å². The number of nitrogens with zero attached hydrogens (tertiary/aromatic N) is 2. The Morgan fingerprint density at radius 2 is 2.10 bits per heavy atom. The average molecular weight is 277 g/mol. The molecular weight excluding hydrogens is 250 g/mol. The second kappa shape index (κ2) is 7.07. The highest BCUT2D eigenvalue weighted by Gasteiger charge is 2.24. The van der Waals surface area contributed by atoms with E-state index in [1.165, 1.54) is 25.1 Å². The van der Waals surface area contributed by atoms with Crippen molar-refractivity contribution in [3.8, 4) is 5.75 Å². The van der Waals surface area contributed by atoms with Gasteiger partial charge in [-0.1, -0.05) is 12.1 Å². The molecule has 112 valence electrons. The van der Waals surface area contributed by atoms with Gasteiger partial charge in [0.1, 0.15) is 5.75 Å². The summed E-state index contributed by atoms with van der Waals surface area (Å²) in [6.45, 7) is 4.17. The number of hydrogen-bond acceptors (Lipinski definition) is 4. The molecule has 2 N–H and O–H groups in total. The van der Waals surface area contributed by atoms with E-state index >= 15 is 0 Å². The van der Waals surface area contributed by atoms with Gasteiger partial charge < -0.3 is 15.4 Å². The predicted octanol–water partition coefficient (Wildman–Crippen LogP) is 1.58. The summed E-state index contributed by atoms with van der Waals surface area (Å²) in [6, 6.07) is 8.54. The summed E-state index contributed by atoms with van der Waals surface area (Å²) in [5, 5.41) is 0. The van der Waals surface area contributed by atoms with E-state index in [-0.39, 0.29) is 6.04 Å². The largest absolute Gasteiger partial charge is 0.497 e. The lowest BCUT2D eigenvalue weighted by Gasteiger charge is -2.29. The molecule has 0 aliphatic carbocycles. The Morgan fingerprint density at radius 1 is 1.40 bits per heavy atom. The van der Waals surface area contributed by atoms with E-state index in [4.69, 9.17) is 10.5 Å². The third kappa shape index (κ3) is 3.72. The van der Waals surface area contributed by atoms with Crippen LogP contribution in [0.25, 0.3) is 0 Å². The minimum Gasteiger partial charge on any atom is -0.497 e. The molecule has 4 nitrogen and oxygen atoms in total. The first-order chi connectivity index (χ1) is 9.63. The number of hydrogen-bond donors (Lipinski definition) is 1. The molecule has 0 radical (unpaired) electrons. The van der Waals surface area contributed by atoms with E-state index in [1.54, 1.807) is 7.11 Å². The fraction of sp³-hybridized carbons (Fsp3) is 0.625. The van der Waals surface area contributed by atoms with Crippen LogP contribution < -0.4 is 10.5 Å². The van der Waals surface area contributed by atoms with Crippen LogP contribution in [0.5, 0.6) is 5.75 Å². The molecule has 2 unspecified atom stereocenters. The van der Waals surface area contributed by atoms with Crippen LogP contribution in [-0.4, -0.2) is 57.2 Å². The van der Waals surface area contributed by atoms with Crippen molar-refractivity contribution in [1.82, 2.24) is 9.80 Å². The molecule has 1 aliphatic rings. The lowest BCUT2D eigenvalue weighted by atomic mass is 10.0. The van der Waals surface area contributed by atoms with E-state index in [2.05, 4.69) is 36.0 Å². The maximum Gasteiger partial charge on any atom is 0.118 e. The van der Waals surface area contributed by atoms with E-state index in [0.717, 1.165) is 18.2 Å². The van der Waals surface area contributed by atoms with Crippen molar-refractivity contribution in [3.63, 3.8) is 0 Å². The van der Waals surface area contributed by atoms with Crippen LogP contribution in [-0.2, 0) is 0 Å². The molecule has 1 heterocycles. The Bertz CT molecular complexity index is 407. The molecule has 0 bridgehead atoms. The molecule has 0 amide bonds. The van der Waals surface area contributed by atoms with Crippen molar-refractivity contribution in [1.29, 1.82) is 0 Å². The van der Waals surface area contributed by atoms with Gasteiger partial charge in [0, 0.05) is 25.7 Å². The predicted molar refractivity (Wildman–Crippen MR) is 83.0 cm³/mol. The number of ether oxygens (including phenoxy) is 1. The van der Waals surface area contributed by atoms with E-state index in [0.29, 0.717) is 6.54 Å². The quantitative estimate of drug-likeness (QED) is 0.857. The molecule has 1 fully saturated rings. The second-order valence-corrected chi connectivity index (χ2v) is 5.88. The topological polar surface area (TPSA) is 41.7 Å². The van der Waals surface area contributed by atoms with Crippen molar-refractivity contribution in [2.45, 2.75) is 12.5 Å². The molecule has 0 saturated carbocycles. The molecule has 2 rings (SSSR count). The summed E-state index contributed by atoms with van der Waals surface area (Å²) in [4.78, 5) is 4.80. The molecule has 0 aromatic heterocycles. The number of nitrogens with two attached hydrogens (primary N) is 1. The van der Waals surface area contributed by atoms with Gasteiger partial charge in [-0.25, -0.2) is 0 Å². The normalized spacial score (nSPS) is 21.4. The van der Waals surface area contributed by atoms with E-state index < -0.39 is 0 Å². The van der Waals surface area contributed by atoms with Gasteiger partial charge in [0.15, 0.2) is 0 Å². The average Bonchev–Trinajstić information content (AvgIpc) is 2.85. The Morgan fingerprint density at radius 3 is 2.60 bits per heavy atom. The molecule has 1 aromatic carbocycles. The van der Waals surface area contributed by atoms with Crippen molar-refractivity contribution in [2.75, 3.05) is 47.4 Å². The number of rotatable bonds is 6. The van der Waals surface area contributed by atoms with Gasteiger partial charge in [-0.2, -0.15) is 0 Å². The first-order valence-electron chi connectivity index (χ1n) is 7.36. The molecule has 0 spiro atoms. The van der Waals surface area contributed by atoms with Crippen LogP contribution >= 0.6 is 0 Å². The second-order valence-electron chi connectivity index (χ2n) is 5.88. The monoisotopic (exact) mass is 277 g/mol. The first-order valence-corrected chi connectivity index (χ1v) is 7.36. The summed E-state index contributed by atoms with van der Waals surface area (Å²) in [6.07, 6.45) is 1.29. The highest BCUT2D eigenvalue weighted by Crippen LogP contribution is 2.24. The Kier molecular flexibility index (Phi) is 5.40. The molecule has 4 heteroatoms. The summed E-state index contributed by atoms with van der Waals surface area (Å²) in [5.74, 6) is 1.65. The third-order valence-corrected chi connectivity index (χ3v) is 4.29. The number of methoxy groups -OCH3 is 1. The van der Waals surface area contributed by atoms with E-state index in [1.807, 2.05) is 12.1 Å². The van der Waals surface area contributed by atoms with Gasteiger partial charge in [0.2, 0.25) is 0 Å². The highest BCUT2D eigenvalue weighted by atomic mass is 16.5. The molecule has 20 heavy (non-hydrogen) atoms. The molecule has 1 saturated heterocycles. The Balaban J connectivity index is 1.98. The van der Waals surface area contributed by atoms with Gasteiger partial charge in [-0.05, 0) is 50.7 Å². The van der Waals surface area contributed by atoms with Crippen molar-refractivity contribution in [3.05, 3.63) is 29.8 Å². The van der Waals surface area contributed by atoms with Gasteiger partial charge in [-0.15, -0.1) is 0 Å². The van der Waals surface area contributed by atoms with E-state index in [9.17, 15) is 0 Å². The molecular formula is C16H27N3O. The van der Waals surface area contributed by atoms with Crippen LogP contribution in [0.3, 0.4) is 0 Å². The first kappa shape index (κ1) is 15.3. The zero-order valence-electron chi connectivity index (χ0n) is 12.9. The van der Waals surface area contributed by atoms with Crippen LogP contribution in [0.4, 0.5) is 0 Å². The van der Waals surface area contributed by atoms with Crippen LogP contribution in [0.15, 0.2) is 24.3 Å². The minimum absolute atomic E-state index is 0.284. The highest BCUT2D eigenvalue weighted by molar-refractivity contribution is 5.29. The van der Waals surface area contributed by atoms with Crippen LogP contribution in [0, 0.1) is 5.92 Å². The van der Waals surface area contributed by atoms with Crippen LogP contribution in [0.1, 0.15) is 18.0 Å². The Hall–Kier alpha value is -1.10. The smallest absolute Gasteiger partial charge is 0.118 e. The van der Waals surface area contributed by atoms with Crippen molar-refractivity contribution < 1.29 is 4.74 Å². The van der Waals surface area contributed by atoms with Gasteiger partial charge in [0.25, 0.3) is 0 Å². The van der Waals surface area contributed by atoms with Gasteiger partial charge >= 0.3 is 0 Å². The molecule has 1 aromatic rings. The molecule has 2 atom stereocenters. The van der Waals surface area contributed by atoms with Crippen LogP contribution in [0.2, 0.25) is 0 Å². The fourth-order valence-electron chi connectivity index (χ4n) is 3.11. The SMILES string of the molecule is COc1ccc(C(CN)N(C)CC2CCN(C)C2)cc1. The fourth-order valence-corrected chi connectivity index (χ4v) is 3.11. The summed E-state index contributed by atoms with van der Waals surface area (Å²) in [5.41, 5.74) is 7.26.